The maximum Gasteiger partial charge on any atom is 0.229 e. The van der Waals surface area contributed by atoms with Gasteiger partial charge in [0.25, 0.3) is 0 Å². The largest absolute Gasteiger partial charge is 0.487 e. The minimum atomic E-state index is -3.40. The third-order valence-corrected chi connectivity index (χ3v) is 8.71. The number of sulfonamides is 2. The number of piperidine rings is 1. The third kappa shape index (κ3) is 6.51. The van der Waals surface area contributed by atoms with Crippen molar-refractivity contribution in [3.8, 4) is 5.75 Å². The minimum absolute atomic E-state index is 0. The van der Waals surface area contributed by atoms with Crippen LogP contribution in [0.2, 0.25) is 0 Å². The molecule has 1 aliphatic carbocycles. The first-order valence-corrected chi connectivity index (χ1v) is 16.0. The topological polar surface area (TPSA) is 125 Å². The second-order valence-electron chi connectivity index (χ2n) is 10.4. The number of aliphatic hydroxyl groups excluding tert-OH is 1. The highest BCUT2D eigenvalue weighted by Gasteiger charge is 2.44. The monoisotopic (exact) mass is 571 g/mol. The van der Waals surface area contributed by atoms with E-state index in [0.717, 1.165) is 57.7 Å². The number of nitrogens with one attached hydrogen (secondary N) is 2. The summed E-state index contributed by atoms with van der Waals surface area (Å²) in [4.78, 5) is 2.52. The molecule has 9 nitrogen and oxygen atoms in total. The van der Waals surface area contributed by atoms with Crippen LogP contribution in [0.5, 0.6) is 5.75 Å². The molecule has 0 bridgehead atoms. The Morgan fingerprint density at radius 3 is 2.22 bits per heavy atom. The standard InChI is InChI=1S/C25H33N3O6S2.ClH/c1-35(30,31)26-19-5-3-18-14-21(7-4-17(18)13-19)28-11-9-25(10-12-28)16-23(29)22-15-20(27-36(2,32)33)6-8-24(22)34-25;/h3,5-6,8,13,15,21,23,26-27,29H,4,7,9-12,14,16H2,1-2H3;1H/t21-,23?;/m1./s1. The molecule has 0 saturated carbocycles. The fourth-order valence-corrected chi connectivity index (χ4v) is 6.95. The van der Waals surface area contributed by atoms with Gasteiger partial charge in [-0.05, 0) is 73.6 Å². The Kier molecular flexibility index (Phi) is 7.75. The summed E-state index contributed by atoms with van der Waals surface area (Å²) in [5.41, 5.74) is 3.69. The SMILES string of the molecule is CS(=O)(=O)Nc1ccc2c(c1)CC[C@@H](N1CCC3(CC1)CC(O)c1cc(NS(C)(=O)=O)ccc1O3)C2.Cl. The first kappa shape index (κ1) is 28.0. The molecule has 1 saturated heterocycles. The molecule has 1 unspecified atom stereocenters. The zero-order valence-corrected chi connectivity index (χ0v) is 23.4. The van der Waals surface area contributed by atoms with E-state index in [1.165, 1.54) is 11.1 Å². The normalized spacial score (nSPS) is 23.2. The Morgan fingerprint density at radius 1 is 0.946 bits per heavy atom. The first-order chi connectivity index (χ1) is 16.9. The predicted molar refractivity (Wildman–Crippen MR) is 147 cm³/mol. The van der Waals surface area contributed by atoms with Crippen molar-refractivity contribution >= 4 is 43.8 Å². The van der Waals surface area contributed by atoms with E-state index < -0.39 is 31.8 Å². The van der Waals surface area contributed by atoms with Crippen LogP contribution in [0, 0.1) is 0 Å². The highest BCUT2D eigenvalue weighted by molar-refractivity contribution is 7.92. The summed E-state index contributed by atoms with van der Waals surface area (Å²) in [5.74, 6) is 0.617. The number of likely N-dealkylation sites (tertiary alicyclic amines) is 1. The van der Waals surface area contributed by atoms with Gasteiger partial charge in [0.2, 0.25) is 20.0 Å². The van der Waals surface area contributed by atoms with Crippen LogP contribution in [0.4, 0.5) is 11.4 Å². The van der Waals surface area contributed by atoms with E-state index in [1.54, 1.807) is 18.2 Å². The van der Waals surface area contributed by atoms with Crippen LogP contribution in [-0.4, -0.2) is 64.1 Å². The Hall–Kier alpha value is -2.05. The average Bonchev–Trinajstić information content (AvgIpc) is 2.78. The Balaban J connectivity index is 0.00000320. The Bertz CT molecular complexity index is 1370. The van der Waals surface area contributed by atoms with Crippen LogP contribution < -0.4 is 14.2 Å². The number of fused-ring (bicyclic) bond motifs is 2. The summed E-state index contributed by atoms with van der Waals surface area (Å²) in [5, 5.41) is 10.9. The van der Waals surface area contributed by atoms with E-state index in [2.05, 4.69) is 14.3 Å². The Labute approximate surface area is 225 Å². The second-order valence-corrected chi connectivity index (χ2v) is 13.9. The number of rotatable bonds is 5. The average molecular weight is 572 g/mol. The van der Waals surface area contributed by atoms with Crippen molar-refractivity contribution in [2.45, 2.75) is 56.3 Å². The molecule has 2 atom stereocenters. The van der Waals surface area contributed by atoms with Crippen LogP contribution >= 0.6 is 12.4 Å². The lowest BCUT2D eigenvalue weighted by Gasteiger charge is -2.48. The summed E-state index contributed by atoms with van der Waals surface area (Å²) in [6.07, 6.45) is 6.52. The van der Waals surface area contributed by atoms with Gasteiger partial charge in [0.15, 0.2) is 0 Å². The number of hydrogen-bond acceptors (Lipinski definition) is 7. The lowest BCUT2D eigenvalue weighted by atomic mass is 9.80. The van der Waals surface area contributed by atoms with Gasteiger partial charge in [-0.3, -0.25) is 14.3 Å². The summed E-state index contributed by atoms with van der Waals surface area (Å²) >= 11 is 0. The molecule has 2 aromatic rings. The van der Waals surface area contributed by atoms with Gasteiger partial charge in [0.05, 0.1) is 18.6 Å². The Morgan fingerprint density at radius 2 is 1.57 bits per heavy atom. The second kappa shape index (κ2) is 10.3. The molecule has 2 aliphatic heterocycles. The van der Waals surface area contributed by atoms with Gasteiger partial charge in [-0.25, -0.2) is 16.8 Å². The molecular formula is C25H34ClN3O6S2. The molecule has 0 aromatic heterocycles. The van der Waals surface area contributed by atoms with Crippen LogP contribution in [-0.2, 0) is 32.9 Å². The number of anilines is 2. The molecule has 2 heterocycles. The van der Waals surface area contributed by atoms with E-state index in [-0.39, 0.29) is 12.4 Å². The van der Waals surface area contributed by atoms with E-state index >= 15 is 0 Å². The number of aliphatic hydroxyl groups is 1. The number of hydrogen-bond donors (Lipinski definition) is 3. The van der Waals surface area contributed by atoms with Crippen molar-refractivity contribution in [1.29, 1.82) is 0 Å². The van der Waals surface area contributed by atoms with Crippen LogP contribution in [0.1, 0.15) is 48.5 Å². The highest BCUT2D eigenvalue weighted by atomic mass is 35.5. The molecular weight excluding hydrogens is 538 g/mol. The van der Waals surface area contributed by atoms with Crippen molar-refractivity contribution in [1.82, 2.24) is 4.90 Å². The number of benzene rings is 2. The summed E-state index contributed by atoms with van der Waals surface area (Å²) in [7, 11) is -6.69. The molecule has 1 fully saturated rings. The molecule has 1 spiro atoms. The first-order valence-electron chi connectivity index (χ1n) is 12.2. The van der Waals surface area contributed by atoms with Gasteiger partial charge in [-0.15, -0.1) is 12.4 Å². The summed E-state index contributed by atoms with van der Waals surface area (Å²) in [6.45, 7) is 1.76. The summed E-state index contributed by atoms with van der Waals surface area (Å²) in [6, 6.07) is 11.3. The lowest BCUT2D eigenvalue weighted by Crippen LogP contribution is -2.53. The van der Waals surface area contributed by atoms with E-state index in [0.29, 0.717) is 35.2 Å². The molecule has 2 aromatic carbocycles. The van der Waals surface area contributed by atoms with E-state index in [9.17, 15) is 21.9 Å². The van der Waals surface area contributed by atoms with Crippen LogP contribution in [0.15, 0.2) is 36.4 Å². The maximum absolute atomic E-state index is 11.6. The molecule has 3 aliphatic rings. The summed E-state index contributed by atoms with van der Waals surface area (Å²) < 4.78 is 57.6. The number of nitrogens with zero attached hydrogens (tertiary/aromatic N) is 1. The van der Waals surface area contributed by atoms with Crippen LogP contribution in [0.3, 0.4) is 0 Å². The minimum Gasteiger partial charge on any atom is -0.487 e. The van der Waals surface area contributed by atoms with Gasteiger partial charge in [-0.2, -0.15) is 0 Å². The van der Waals surface area contributed by atoms with Crippen molar-refractivity contribution in [3.05, 3.63) is 53.1 Å². The van der Waals surface area contributed by atoms with Crippen molar-refractivity contribution < 1.29 is 26.7 Å². The van der Waals surface area contributed by atoms with Gasteiger partial charge in [-0.1, -0.05) is 6.07 Å². The van der Waals surface area contributed by atoms with Crippen LogP contribution in [0.25, 0.3) is 0 Å². The van der Waals surface area contributed by atoms with Crippen molar-refractivity contribution in [2.75, 3.05) is 35.0 Å². The fourth-order valence-electron chi connectivity index (χ4n) is 5.84. The van der Waals surface area contributed by atoms with Gasteiger partial charge in [0.1, 0.15) is 11.4 Å². The van der Waals surface area contributed by atoms with E-state index in [4.69, 9.17) is 4.74 Å². The van der Waals surface area contributed by atoms with E-state index in [1.807, 2.05) is 18.2 Å². The number of halogens is 1. The third-order valence-electron chi connectivity index (χ3n) is 7.50. The fraction of sp³-hybridized carbons (Fsp3) is 0.520. The molecule has 0 radical (unpaired) electrons. The molecule has 12 heteroatoms. The highest BCUT2D eigenvalue weighted by Crippen LogP contribution is 2.45. The zero-order chi connectivity index (χ0) is 25.7. The zero-order valence-electron chi connectivity index (χ0n) is 20.9. The van der Waals surface area contributed by atoms with Gasteiger partial charge in [0, 0.05) is 42.5 Å². The molecule has 3 N–H and O–H groups in total. The smallest absolute Gasteiger partial charge is 0.229 e. The molecule has 204 valence electrons. The van der Waals surface area contributed by atoms with Gasteiger partial charge < -0.3 is 9.84 Å². The number of aryl methyl sites for hydroxylation is 1. The quantitative estimate of drug-likeness (QED) is 0.503. The lowest BCUT2D eigenvalue weighted by molar-refractivity contribution is -0.0608. The molecule has 5 rings (SSSR count). The molecule has 37 heavy (non-hydrogen) atoms. The predicted octanol–water partition coefficient (Wildman–Crippen LogP) is 3.06. The van der Waals surface area contributed by atoms with Crippen molar-refractivity contribution in [2.24, 2.45) is 0 Å². The van der Waals surface area contributed by atoms with Crippen molar-refractivity contribution in [3.63, 3.8) is 0 Å². The molecule has 0 amide bonds. The maximum atomic E-state index is 11.6. The van der Waals surface area contributed by atoms with Gasteiger partial charge >= 0.3 is 0 Å². The number of ether oxygens (including phenoxy) is 1.